The Balaban J connectivity index is 1.94. The molecule has 4 N–H and O–H groups in total. The minimum Gasteiger partial charge on any atom is -0.368 e. The number of nitrogens with two attached hydrogens (primary N) is 1. The summed E-state index contributed by atoms with van der Waals surface area (Å²) in [6.07, 6.45) is 2.97. The summed E-state index contributed by atoms with van der Waals surface area (Å²) in [7, 11) is 0. The van der Waals surface area contributed by atoms with Gasteiger partial charge >= 0.3 is 0 Å². The van der Waals surface area contributed by atoms with Crippen LogP contribution < -0.4 is 16.4 Å². The van der Waals surface area contributed by atoms with Crippen LogP contribution in [0.3, 0.4) is 0 Å². The summed E-state index contributed by atoms with van der Waals surface area (Å²) in [5.74, 6) is 1.05. The first-order valence-corrected chi connectivity index (χ1v) is 4.86. The van der Waals surface area contributed by atoms with Crippen LogP contribution in [0.2, 0.25) is 0 Å². The topological polar surface area (TPSA) is 92.9 Å². The summed E-state index contributed by atoms with van der Waals surface area (Å²) in [4.78, 5) is 18.8. The number of aromatic nitrogens is 2. The van der Waals surface area contributed by atoms with Gasteiger partial charge in [0.25, 0.3) is 0 Å². The lowest BCUT2D eigenvalue weighted by Gasteiger charge is -2.23. The molecule has 1 aromatic heterocycles. The van der Waals surface area contributed by atoms with Crippen molar-refractivity contribution in [1.29, 1.82) is 0 Å². The van der Waals surface area contributed by atoms with Crippen molar-refractivity contribution in [2.75, 3.05) is 17.6 Å². The van der Waals surface area contributed by atoms with E-state index in [9.17, 15) is 4.79 Å². The van der Waals surface area contributed by atoms with E-state index in [0.29, 0.717) is 18.8 Å². The van der Waals surface area contributed by atoms with Gasteiger partial charge in [-0.2, -0.15) is 4.98 Å². The molecule has 1 fully saturated rings. The Morgan fingerprint density at radius 2 is 2.47 bits per heavy atom. The summed E-state index contributed by atoms with van der Waals surface area (Å²) in [5, 5.41) is 5.99. The smallest absolute Gasteiger partial charge is 0.221 e. The number of hydrogen-bond acceptors (Lipinski definition) is 5. The molecule has 6 heteroatoms. The minimum absolute atomic E-state index is 0.107. The average molecular weight is 207 g/mol. The lowest BCUT2D eigenvalue weighted by Crippen LogP contribution is -2.42. The van der Waals surface area contributed by atoms with Gasteiger partial charge in [-0.3, -0.25) is 4.79 Å². The number of piperidine rings is 1. The number of carbonyl (C=O) groups excluding carboxylic acids is 1. The zero-order valence-corrected chi connectivity index (χ0v) is 8.23. The van der Waals surface area contributed by atoms with Crippen molar-refractivity contribution in [3.05, 3.63) is 12.3 Å². The van der Waals surface area contributed by atoms with Crippen LogP contribution in [0.5, 0.6) is 0 Å². The minimum atomic E-state index is 0.107. The van der Waals surface area contributed by atoms with E-state index in [0.717, 1.165) is 6.42 Å². The number of anilines is 2. The number of hydrogen-bond donors (Lipinski definition) is 3. The quantitative estimate of drug-likeness (QED) is 0.621. The van der Waals surface area contributed by atoms with Crippen LogP contribution in [-0.2, 0) is 4.79 Å². The Morgan fingerprint density at radius 1 is 1.60 bits per heavy atom. The number of nitrogens with one attached hydrogen (secondary N) is 2. The molecule has 0 radical (unpaired) electrons. The van der Waals surface area contributed by atoms with Crippen molar-refractivity contribution in [3.63, 3.8) is 0 Å². The zero-order valence-electron chi connectivity index (χ0n) is 8.23. The largest absolute Gasteiger partial charge is 0.368 e. The molecule has 80 valence electrons. The molecule has 0 saturated carbocycles. The number of rotatable bonds is 2. The van der Waals surface area contributed by atoms with Crippen molar-refractivity contribution < 1.29 is 4.79 Å². The van der Waals surface area contributed by atoms with Crippen LogP contribution in [-0.4, -0.2) is 28.5 Å². The second-order valence-electron chi connectivity index (χ2n) is 3.48. The van der Waals surface area contributed by atoms with Crippen molar-refractivity contribution in [2.24, 2.45) is 0 Å². The fourth-order valence-electron chi connectivity index (χ4n) is 1.52. The van der Waals surface area contributed by atoms with Crippen LogP contribution in [0.15, 0.2) is 12.3 Å². The third-order valence-electron chi connectivity index (χ3n) is 2.29. The monoisotopic (exact) mass is 207 g/mol. The molecule has 0 spiro atoms. The predicted octanol–water partition coefficient (Wildman–Crippen LogP) is -0.251. The lowest BCUT2D eigenvalue weighted by molar-refractivity contribution is -0.122. The third kappa shape index (κ3) is 2.55. The van der Waals surface area contributed by atoms with Gasteiger partial charge in [-0.1, -0.05) is 0 Å². The van der Waals surface area contributed by atoms with Gasteiger partial charge < -0.3 is 16.4 Å². The predicted molar refractivity (Wildman–Crippen MR) is 56.1 cm³/mol. The van der Waals surface area contributed by atoms with Gasteiger partial charge in [-0.15, -0.1) is 0 Å². The van der Waals surface area contributed by atoms with Gasteiger partial charge in [-0.25, -0.2) is 4.98 Å². The summed E-state index contributed by atoms with van der Waals surface area (Å²) in [6, 6.07) is 1.98. The molecule has 1 unspecified atom stereocenters. The maximum absolute atomic E-state index is 10.9. The molecule has 6 nitrogen and oxygen atoms in total. The van der Waals surface area contributed by atoms with Gasteiger partial charge in [0.05, 0.1) is 0 Å². The molecular formula is C9H13N5O. The summed E-state index contributed by atoms with van der Waals surface area (Å²) in [6.45, 7) is 0.628. The summed E-state index contributed by atoms with van der Waals surface area (Å²) < 4.78 is 0. The van der Waals surface area contributed by atoms with E-state index in [4.69, 9.17) is 5.73 Å². The van der Waals surface area contributed by atoms with Crippen molar-refractivity contribution in [1.82, 2.24) is 15.3 Å². The van der Waals surface area contributed by atoms with Crippen LogP contribution in [0.4, 0.5) is 11.8 Å². The number of carbonyl (C=O) groups is 1. The Bertz CT molecular complexity index is 357. The van der Waals surface area contributed by atoms with Gasteiger partial charge in [0.1, 0.15) is 5.82 Å². The van der Waals surface area contributed by atoms with Gasteiger partial charge in [0.2, 0.25) is 11.9 Å². The van der Waals surface area contributed by atoms with Crippen molar-refractivity contribution >= 4 is 17.7 Å². The first kappa shape index (κ1) is 9.70. The van der Waals surface area contributed by atoms with Crippen LogP contribution in [0.1, 0.15) is 12.8 Å². The van der Waals surface area contributed by atoms with Crippen LogP contribution in [0, 0.1) is 0 Å². The van der Waals surface area contributed by atoms with E-state index in [1.165, 1.54) is 0 Å². The van der Waals surface area contributed by atoms with E-state index in [1.807, 2.05) is 0 Å². The molecule has 1 aromatic rings. The van der Waals surface area contributed by atoms with Gasteiger partial charge in [-0.05, 0) is 12.5 Å². The molecule has 1 atom stereocenters. The molecule has 1 saturated heterocycles. The highest BCUT2D eigenvalue weighted by Gasteiger charge is 2.17. The van der Waals surface area contributed by atoms with E-state index in [1.54, 1.807) is 12.3 Å². The zero-order chi connectivity index (χ0) is 10.7. The molecule has 2 heterocycles. The van der Waals surface area contributed by atoms with Gasteiger partial charge in [0.15, 0.2) is 0 Å². The fraction of sp³-hybridized carbons (Fsp3) is 0.444. The standard InChI is InChI=1S/C9H13N5O/c10-9-11-4-3-7(14-9)13-6-1-2-8(15)12-5-6/h3-4,6H,1-2,5H2,(H,12,15)(H3,10,11,13,14). The van der Waals surface area contributed by atoms with Gasteiger partial charge in [0, 0.05) is 25.2 Å². The average Bonchev–Trinajstić information content (AvgIpc) is 2.22. The molecule has 1 aliphatic rings. The molecule has 2 rings (SSSR count). The highest BCUT2D eigenvalue weighted by Crippen LogP contribution is 2.10. The molecule has 15 heavy (non-hydrogen) atoms. The fourth-order valence-corrected chi connectivity index (χ4v) is 1.52. The van der Waals surface area contributed by atoms with Crippen molar-refractivity contribution in [2.45, 2.75) is 18.9 Å². The second-order valence-corrected chi connectivity index (χ2v) is 3.48. The van der Waals surface area contributed by atoms with Crippen LogP contribution in [0.25, 0.3) is 0 Å². The van der Waals surface area contributed by atoms with E-state index >= 15 is 0 Å². The molecular weight excluding hydrogens is 194 g/mol. The Hall–Kier alpha value is -1.85. The lowest BCUT2D eigenvalue weighted by atomic mass is 10.1. The Kier molecular flexibility index (Phi) is 2.66. The van der Waals surface area contributed by atoms with Crippen LogP contribution >= 0.6 is 0 Å². The maximum Gasteiger partial charge on any atom is 0.221 e. The normalized spacial score (nSPS) is 20.8. The highest BCUT2D eigenvalue weighted by atomic mass is 16.1. The third-order valence-corrected chi connectivity index (χ3v) is 2.29. The molecule has 0 bridgehead atoms. The van der Waals surface area contributed by atoms with E-state index < -0.39 is 0 Å². The van der Waals surface area contributed by atoms with E-state index in [-0.39, 0.29) is 17.9 Å². The van der Waals surface area contributed by atoms with Crippen molar-refractivity contribution in [3.8, 4) is 0 Å². The number of nitrogens with zero attached hydrogens (tertiary/aromatic N) is 2. The maximum atomic E-state index is 10.9. The molecule has 0 aromatic carbocycles. The first-order valence-electron chi connectivity index (χ1n) is 4.86. The highest BCUT2D eigenvalue weighted by molar-refractivity contribution is 5.76. The summed E-state index contributed by atoms with van der Waals surface area (Å²) in [5.41, 5.74) is 5.45. The Labute approximate surface area is 87.3 Å². The van der Waals surface area contributed by atoms with E-state index in [2.05, 4.69) is 20.6 Å². The molecule has 1 aliphatic heterocycles. The SMILES string of the molecule is Nc1nccc(NC2CCC(=O)NC2)n1. The molecule has 0 aliphatic carbocycles. The first-order chi connectivity index (χ1) is 7.24. The summed E-state index contributed by atoms with van der Waals surface area (Å²) >= 11 is 0. The number of amides is 1. The number of nitrogen functional groups attached to an aromatic ring is 1. The molecule has 1 amide bonds. The Morgan fingerprint density at radius 3 is 3.13 bits per heavy atom. The second kappa shape index (κ2) is 4.12.